The van der Waals surface area contributed by atoms with Crippen molar-refractivity contribution in [3.63, 3.8) is 0 Å². The summed E-state index contributed by atoms with van der Waals surface area (Å²) in [5.74, 6) is -2.68. The van der Waals surface area contributed by atoms with Crippen molar-refractivity contribution < 1.29 is 71.1 Å². The topological polar surface area (TPSA) is 123 Å². The number of aryl methyl sites for hydroxylation is 1. The number of halogens is 8. The van der Waals surface area contributed by atoms with Crippen LogP contribution in [0, 0.1) is 17.0 Å². The monoisotopic (exact) mass is 589 g/mol. The average Bonchev–Trinajstić information content (AvgIpc) is 2.69. The summed E-state index contributed by atoms with van der Waals surface area (Å²) in [5, 5.41) is 8.98. The standard InChI is InChI=1S/C19H19F8NO9S/c1-9-6-13(38(23,24,25,26)27)7-12-8-14(16(19(20,21)22)37-15(9)12)17(29)35-11(3)36-18(30)34-10(2)4-5-33-28(31)32/h6-8,10-11,16H,4-5H2,1-3H3/t10-,11?,16?/m0/s1. The fraction of sp³-hybridized carbons (Fsp3) is 0.474. The van der Waals surface area contributed by atoms with Crippen LogP contribution >= 0.6 is 10.2 Å². The van der Waals surface area contributed by atoms with Crippen LogP contribution in [-0.4, -0.2) is 48.5 Å². The van der Waals surface area contributed by atoms with E-state index < -0.39 is 86.1 Å². The first-order valence-corrected chi connectivity index (χ1v) is 12.1. The molecule has 0 saturated heterocycles. The van der Waals surface area contributed by atoms with Crippen LogP contribution in [-0.2, 0) is 23.8 Å². The zero-order valence-corrected chi connectivity index (χ0v) is 20.2. The summed E-state index contributed by atoms with van der Waals surface area (Å²) in [6.07, 6.45) is -12.7. The molecule has 216 valence electrons. The molecule has 1 aliphatic rings. The highest BCUT2D eigenvalue weighted by atomic mass is 32.5. The number of carbonyl (C=O) groups excluding carboxylic acids is 2. The predicted octanol–water partition coefficient (Wildman–Crippen LogP) is 6.39. The van der Waals surface area contributed by atoms with E-state index in [9.17, 15) is 52.3 Å². The van der Waals surface area contributed by atoms with Gasteiger partial charge in [0.2, 0.25) is 12.4 Å². The molecule has 0 saturated carbocycles. The van der Waals surface area contributed by atoms with Gasteiger partial charge < -0.3 is 23.8 Å². The van der Waals surface area contributed by atoms with Crippen molar-refractivity contribution >= 4 is 28.4 Å². The number of nitrogens with zero attached hydrogens (tertiary/aromatic N) is 1. The molecule has 38 heavy (non-hydrogen) atoms. The molecule has 3 atom stereocenters. The highest BCUT2D eigenvalue weighted by Crippen LogP contribution is 3.02. The number of hydrogen-bond donors (Lipinski definition) is 0. The highest BCUT2D eigenvalue weighted by Gasteiger charge is 2.65. The molecule has 0 amide bonds. The Morgan fingerprint density at radius 1 is 1.11 bits per heavy atom. The number of carbonyl (C=O) groups is 2. The van der Waals surface area contributed by atoms with Crippen molar-refractivity contribution in [3.05, 3.63) is 38.9 Å². The first-order chi connectivity index (χ1) is 17.0. The molecule has 1 aromatic carbocycles. The van der Waals surface area contributed by atoms with Crippen molar-refractivity contribution in [1.82, 2.24) is 0 Å². The maximum absolute atomic E-state index is 13.6. The van der Waals surface area contributed by atoms with Gasteiger partial charge >= 0.3 is 28.5 Å². The van der Waals surface area contributed by atoms with Gasteiger partial charge in [0, 0.05) is 18.9 Å². The number of alkyl halides is 3. The molecule has 19 heteroatoms. The molecular weight excluding hydrogens is 570 g/mol. The predicted molar refractivity (Wildman–Crippen MR) is 111 cm³/mol. The van der Waals surface area contributed by atoms with E-state index >= 15 is 0 Å². The van der Waals surface area contributed by atoms with Crippen LogP contribution in [0.2, 0.25) is 0 Å². The Morgan fingerprint density at radius 3 is 2.24 bits per heavy atom. The van der Waals surface area contributed by atoms with Crippen LogP contribution in [0.1, 0.15) is 31.4 Å². The van der Waals surface area contributed by atoms with Gasteiger partial charge in [-0.15, -0.1) is 10.1 Å². The lowest BCUT2D eigenvalue weighted by atomic mass is 9.99. The van der Waals surface area contributed by atoms with E-state index in [1.165, 1.54) is 6.92 Å². The van der Waals surface area contributed by atoms with Gasteiger partial charge in [0.25, 0.3) is 5.09 Å². The third-order valence-corrected chi connectivity index (χ3v) is 5.76. The van der Waals surface area contributed by atoms with Crippen LogP contribution in [0.25, 0.3) is 6.08 Å². The second kappa shape index (κ2) is 9.66. The van der Waals surface area contributed by atoms with E-state index in [1.807, 2.05) is 0 Å². The maximum Gasteiger partial charge on any atom is 0.511 e. The Hall–Kier alpha value is -3.51. The van der Waals surface area contributed by atoms with E-state index in [0.29, 0.717) is 0 Å². The van der Waals surface area contributed by atoms with Crippen LogP contribution in [0.4, 0.5) is 37.4 Å². The smallest absolute Gasteiger partial charge is 0.475 e. The van der Waals surface area contributed by atoms with Gasteiger partial charge in [-0.25, -0.2) is 9.59 Å². The summed E-state index contributed by atoms with van der Waals surface area (Å²) in [5.41, 5.74) is -3.03. The third kappa shape index (κ3) is 8.25. The summed E-state index contributed by atoms with van der Waals surface area (Å²) >= 11 is 0. The number of esters is 1. The zero-order valence-electron chi connectivity index (χ0n) is 19.4. The summed E-state index contributed by atoms with van der Waals surface area (Å²) in [6, 6.07) is -0.234. The molecule has 0 N–H and O–H groups in total. The lowest BCUT2D eigenvalue weighted by Gasteiger charge is -2.41. The van der Waals surface area contributed by atoms with E-state index in [1.54, 1.807) is 0 Å². The lowest BCUT2D eigenvalue weighted by molar-refractivity contribution is -0.758. The van der Waals surface area contributed by atoms with Gasteiger partial charge in [0.1, 0.15) is 16.7 Å². The average molecular weight is 589 g/mol. The number of fused-ring (bicyclic) bond motifs is 1. The van der Waals surface area contributed by atoms with Gasteiger partial charge in [0.15, 0.2) is 0 Å². The fourth-order valence-corrected chi connectivity index (χ4v) is 3.76. The minimum absolute atomic E-state index is 0.0724. The van der Waals surface area contributed by atoms with Crippen LogP contribution in [0.5, 0.6) is 5.75 Å². The third-order valence-electron chi connectivity index (χ3n) is 4.64. The van der Waals surface area contributed by atoms with Crippen LogP contribution < -0.4 is 4.74 Å². The lowest BCUT2D eigenvalue weighted by Crippen LogP contribution is -2.41. The first kappa shape index (κ1) is 30.7. The second-order valence-electron chi connectivity index (χ2n) is 7.88. The van der Waals surface area contributed by atoms with E-state index in [2.05, 4.69) is 23.8 Å². The molecule has 0 spiro atoms. The highest BCUT2D eigenvalue weighted by molar-refractivity contribution is 8.45. The van der Waals surface area contributed by atoms with E-state index in [0.717, 1.165) is 13.8 Å². The first-order valence-electron chi connectivity index (χ1n) is 10.2. The fourth-order valence-electron chi connectivity index (χ4n) is 3.01. The Balaban J connectivity index is 2.25. The molecule has 10 nitrogen and oxygen atoms in total. The molecule has 0 aromatic heterocycles. The van der Waals surface area contributed by atoms with Crippen LogP contribution in [0.15, 0.2) is 22.6 Å². The number of benzene rings is 1. The van der Waals surface area contributed by atoms with Crippen molar-refractivity contribution in [3.8, 4) is 5.75 Å². The molecule has 0 radical (unpaired) electrons. The Labute approximate surface area is 208 Å². The Morgan fingerprint density at radius 2 is 1.71 bits per heavy atom. The summed E-state index contributed by atoms with van der Waals surface area (Å²) in [7, 11) is -10.3. The molecule has 1 aromatic rings. The van der Waals surface area contributed by atoms with Crippen molar-refractivity contribution in [1.29, 1.82) is 0 Å². The van der Waals surface area contributed by atoms with Gasteiger partial charge in [-0.2, -0.15) is 13.2 Å². The van der Waals surface area contributed by atoms with Crippen molar-refractivity contribution in [2.75, 3.05) is 6.61 Å². The van der Waals surface area contributed by atoms with E-state index in [-0.39, 0.29) is 24.6 Å². The summed E-state index contributed by atoms with van der Waals surface area (Å²) in [6.45, 7) is 2.50. The molecule has 1 heterocycles. The normalized spacial score (nSPS) is 18.8. The zero-order chi connectivity index (χ0) is 29.3. The SMILES string of the molecule is Cc1cc(S(F)(F)(F)(F)F)cc2c1OC(C(F)(F)F)C(C(=O)OC(C)OC(=O)O[C@@H](C)CCO[N+](=O)[O-])=C2. The molecule has 2 rings (SSSR count). The molecule has 0 aliphatic carbocycles. The second-order valence-corrected chi connectivity index (χ2v) is 10.3. The summed E-state index contributed by atoms with van der Waals surface area (Å²) in [4.78, 5) is 35.8. The molecular formula is C19H19F8NO9S. The molecule has 1 aliphatic heterocycles. The Kier molecular flexibility index (Phi) is 7.81. The molecule has 0 bridgehead atoms. The number of ether oxygens (including phenoxy) is 4. The number of rotatable bonds is 9. The largest absolute Gasteiger partial charge is 0.511 e. The van der Waals surface area contributed by atoms with E-state index in [4.69, 9.17) is 0 Å². The minimum atomic E-state index is -10.3. The van der Waals surface area contributed by atoms with Gasteiger partial charge in [-0.3, -0.25) is 0 Å². The summed E-state index contributed by atoms with van der Waals surface area (Å²) < 4.78 is 126. The molecule has 0 fully saturated rings. The van der Waals surface area contributed by atoms with Crippen LogP contribution in [0.3, 0.4) is 0 Å². The maximum atomic E-state index is 13.6. The van der Waals surface area contributed by atoms with Gasteiger partial charge in [-0.1, -0.05) is 19.4 Å². The van der Waals surface area contributed by atoms with Crippen molar-refractivity contribution in [2.45, 2.75) is 56.8 Å². The minimum Gasteiger partial charge on any atom is -0.475 e. The molecule has 2 unspecified atom stereocenters. The number of hydrogen-bond acceptors (Lipinski definition) is 9. The van der Waals surface area contributed by atoms with Crippen molar-refractivity contribution in [2.24, 2.45) is 0 Å². The van der Waals surface area contributed by atoms with Gasteiger partial charge in [-0.05, 0) is 37.6 Å². The Bertz CT molecular complexity index is 1150. The quantitative estimate of drug-likeness (QED) is 0.106. The van der Waals surface area contributed by atoms with Gasteiger partial charge in [0.05, 0.1) is 12.2 Å².